The van der Waals surface area contributed by atoms with Crippen molar-refractivity contribution in [3.63, 3.8) is 0 Å². The first-order valence-electron chi connectivity index (χ1n) is 10.4. The van der Waals surface area contributed by atoms with Crippen LogP contribution in [0, 0.1) is 27.7 Å². The molecule has 1 aliphatic heterocycles. The molecule has 3 heterocycles. The molecule has 0 radical (unpaired) electrons. The van der Waals surface area contributed by atoms with Gasteiger partial charge in [-0.25, -0.2) is 4.98 Å². The molecular formula is C23H28N4O2S. The lowest BCUT2D eigenvalue weighted by Crippen LogP contribution is -2.36. The first-order valence-corrected chi connectivity index (χ1v) is 11.2. The molecule has 1 fully saturated rings. The molecule has 0 saturated carbocycles. The number of rotatable bonds is 3. The average molecular weight is 425 g/mol. The summed E-state index contributed by atoms with van der Waals surface area (Å²) in [6, 6.07) is 6.10. The number of aromatic nitrogens is 2. The van der Waals surface area contributed by atoms with E-state index in [0.717, 1.165) is 54.1 Å². The normalized spacial score (nSPS) is 15.6. The summed E-state index contributed by atoms with van der Waals surface area (Å²) in [6.45, 7) is 9.70. The van der Waals surface area contributed by atoms with Crippen molar-refractivity contribution in [2.45, 2.75) is 46.6 Å². The Morgan fingerprint density at radius 2 is 1.87 bits per heavy atom. The van der Waals surface area contributed by atoms with Crippen LogP contribution in [0.15, 0.2) is 23.0 Å². The summed E-state index contributed by atoms with van der Waals surface area (Å²) < 4.78 is 1.85. The van der Waals surface area contributed by atoms with Crippen LogP contribution >= 0.6 is 11.3 Å². The van der Waals surface area contributed by atoms with Gasteiger partial charge in [0.05, 0.1) is 10.3 Å². The maximum atomic E-state index is 13.4. The molecule has 1 N–H and O–H groups in total. The van der Waals surface area contributed by atoms with Crippen LogP contribution in [-0.2, 0) is 0 Å². The van der Waals surface area contributed by atoms with E-state index in [0.29, 0.717) is 15.1 Å². The molecule has 1 saturated heterocycles. The third-order valence-corrected chi connectivity index (χ3v) is 7.25. The number of amides is 1. The van der Waals surface area contributed by atoms with E-state index < -0.39 is 0 Å². The quantitative estimate of drug-likeness (QED) is 0.684. The van der Waals surface area contributed by atoms with Gasteiger partial charge in [0.25, 0.3) is 11.5 Å². The van der Waals surface area contributed by atoms with E-state index in [1.54, 1.807) is 0 Å². The Kier molecular flexibility index (Phi) is 5.51. The zero-order chi connectivity index (χ0) is 21.6. The fourth-order valence-electron chi connectivity index (χ4n) is 4.33. The van der Waals surface area contributed by atoms with Gasteiger partial charge in [0.15, 0.2) is 0 Å². The van der Waals surface area contributed by atoms with Crippen LogP contribution in [0.4, 0.5) is 5.69 Å². The van der Waals surface area contributed by atoms with Crippen LogP contribution in [0.5, 0.6) is 0 Å². The molecule has 0 spiro atoms. The van der Waals surface area contributed by atoms with Crippen molar-refractivity contribution in [3.8, 4) is 0 Å². The van der Waals surface area contributed by atoms with Crippen LogP contribution in [0.1, 0.15) is 51.1 Å². The molecule has 30 heavy (non-hydrogen) atoms. The second-order valence-corrected chi connectivity index (χ2v) is 9.38. The van der Waals surface area contributed by atoms with E-state index in [1.165, 1.54) is 11.3 Å². The molecule has 0 bridgehead atoms. The standard InChI is InChI=1S/C23H28N4O2S/c1-13-6-7-18(14(2)12-13)25-21(28)20-15(3)19-22(30-20)24-16(4)27(23(19)29)17-8-10-26(5)11-9-17/h6-7,12,17H,8-11H2,1-5H3,(H,25,28). The Morgan fingerprint density at radius 3 is 2.53 bits per heavy atom. The number of piperidine rings is 1. The van der Waals surface area contributed by atoms with Crippen LogP contribution in [0.3, 0.4) is 0 Å². The van der Waals surface area contributed by atoms with Gasteiger partial charge in [0, 0.05) is 11.7 Å². The number of aryl methyl sites for hydroxylation is 4. The van der Waals surface area contributed by atoms with Crippen LogP contribution in [-0.4, -0.2) is 40.5 Å². The van der Waals surface area contributed by atoms with Gasteiger partial charge < -0.3 is 10.2 Å². The van der Waals surface area contributed by atoms with Gasteiger partial charge in [-0.3, -0.25) is 14.2 Å². The number of thiophene rings is 1. The van der Waals surface area contributed by atoms with E-state index in [2.05, 4.69) is 17.3 Å². The summed E-state index contributed by atoms with van der Waals surface area (Å²) in [5, 5.41) is 3.58. The van der Waals surface area contributed by atoms with Crippen molar-refractivity contribution in [2.75, 3.05) is 25.5 Å². The Bertz CT molecular complexity index is 1190. The summed E-state index contributed by atoms with van der Waals surface area (Å²) in [7, 11) is 2.11. The topological polar surface area (TPSA) is 67.2 Å². The highest BCUT2D eigenvalue weighted by Gasteiger charge is 2.25. The van der Waals surface area contributed by atoms with Crippen LogP contribution in [0.25, 0.3) is 10.2 Å². The number of nitrogens with zero attached hydrogens (tertiary/aromatic N) is 3. The maximum Gasteiger partial charge on any atom is 0.266 e. The number of anilines is 1. The number of hydrogen-bond donors (Lipinski definition) is 1. The maximum absolute atomic E-state index is 13.4. The smallest absolute Gasteiger partial charge is 0.266 e. The molecule has 0 aliphatic carbocycles. The number of carbonyl (C=O) groups excluding carboxylic acids is 1. The van der Waals surface area contributed by atoms with E-state index in [-0.39, 0.29) is 17.5 Å². The molecule has 0 atom stereocenters. The molecule has 3 aromatic rings. The lowest BCUT2D eigenvalue weighted by Gasteiger charge is -2.30. The van der Waals surface area contributed by atoms with E-state index >= 15 is 0 Å². The summed E-state index contributed by atoms with van der Waals surface area (Å²) >= 11 is 1.30. The first kappa shape index (κ1) is 20.8. The van der Waals surface area contributed by atoms with Gasteiger partial charge in [-0.05, 0) is 77.9 Å². The number of benzene rings is 1. The van der Waals surface area contributed by atoms with Gasteiger partial charge in [-0.15, -0.1) is 11.3 Å². The molecular weight excluding hydrogens is 396 g/mol. The minimum absolute atomic E-state index is 0.0219. The summed E-state index contributed by atoms with van der Waals surface area (Å²) in [5.74, 6) is 0.537. The Hall–Kier alpha value is -2.51. The van der Waals surface area contributed by atoms with Gasteiger partial charge in [0.2, 0.25) is 0 Å². The number of nitrogens with one attached hydrogen (secondary N) is 1. The van der Waals surface area contributed by atoms with Crippen molar-refractivity contribution >= 4 is 33.1 Å². The van der Waals surface area contributed by atoms with Crippen molar-refractivity contribution < 1.29 is 4.79 Å². The van der Waals surface area contributed by atoms with Crippen molar-refractivity contribution in [2.24, 2.45) is 0 Å². The summed E-state index contributed by atoms with van der Waals surface area (Å²) in [6.07, 6.45) is 1.88. The minimum Gasteiger partial charge on any atom is -0.321 e. The highest BCUT2D eigenvalue weighted by Crippen LogP contribution is 2.30. The zero-order valence-electron chi connectivity index (χ0n) is 18.2. The Morgan fingerprint density at radius 1 is 1.17 bits per heavy atom. The number of likely N-dealkylation sites (tertiary alicyclic amines) is 1. The van der Waals surface area contributed by atoms with Crippen molar-refractivity contribution in [1.82, 2.24) is 14.5 Å². The predicted octanol–water partition coefficient (Wildman–Crippen LogP) is 4.21. The SMILES string of the molecule is Cc1ccc(NC(=O)c2sc3nc(C)n(C4CCN(C)CC4)c(=O)c3c2C)c(C)c1. The molecule has 0 unspecified atom stereocenters. The third-order valence-electron chi connectivity index (χ3n) is 6.06. The highest BCUT2D eigenvalue weighted by molar-refractivity contribution is 7.20. The molecule has 1 aromatic carbocycles. The molecule has 6 nitrogen and oxygen atoms in total. The monoisotopic (exact) mass is 424 g/mol. The highest BCUT2D eigenvalue weighted by atomic mass is 32.1. The first-order chi connectivity index (χ1) is 14.3. The van der Waals surface area contributed by atoms with Gasteiger partial charge in [-0.2, -0.15) is 0 Å². The predicted molar refractivity (Wildman–Crippen MR) is 123 cm³/mol. The molecule has 158 valence electrons. The number of carbonyl (C=O) groups is 1. The van der Waals surface area contributed by atoms with E-state index in [1.807, 2.05) is 50.5 Å². The van der Waals surface area contributed by atoms with Crippen LogP contribution < -0.4 is 10.9 Å². The van der Waals surface area contributed by atoms with Gasteiger partial charge in [-0.1, -0.05) is 17.7 Å². The lowest BCUT2D eigenvalue weighted by atomic mass is 10.0. The number of hydrogen-bond acceptors (Lipinski definition) is 5. The molecule has 7 heteroatoms. The zero-order valence-corrected chi connectivity index (χ0v) is 19.0. The molecule has 4 rings (SSSR count). The summed E-state index contributed by atoms with van der Waals surface area (Å²) in [4.78, 5) is 34.6. The Labute approximate surface area is 180 Å². The van der Waals surface area contributed by atoms with Gasteiger partial charge in [0.1, 0.15) is 10.7 Å². The molecule has 2 aromatic heterocycles. The minimum atomic E-state index is -0.189. The average Bonchev–Trinajstić information content (AvgIpc) is 3.02. The fraction of sp³-hybridized carbons (Fsp3) is 0.435. The van der Waals surface area contributed by atoms with E-state index in [9.17, 15) is 9.59 Å². The lowest BCUT2D eigenvalue weighted by molar-refractivity contribution is 0.103. The summed E-state index contributed by atoms with van der Waals surface area (Å²) in [5.41, 5.74) is 3.65. The fourth-order valence-corrected chi connectivity index (χ4v) is 5.44. The molecule has 1 amide bonds. The largest absolute Gasteiger partial charge is 0.321 e. The van der Waals surface area contributed by atoms with Crippen molar-refractivity contribution in [3.05, 3.63) is 55.9 Å². The van der Waals surface area contributed by atoms with Crippen LogP contribution in [0.2, 0.25) is 0 Å². The second kappa shape index (κ2) is 7.96. The number of fused-ring (bicyclic) bond motifs is 1. The second-order valence-electron chi connectivity index (χ2n) is 8.38. The Balaban J connectivity index is 1.72. The van der Waals surface area contributed by atoms with Gasteiger partial charge >= 0.3 is 0 Å². The third kappa shape index (κ3) is 3.68. The van der Waals surface area contributed by atoms with E-state index in [4.69, 9.17) is 4.98 Å². The molecule has 1 aliphatic rings. The van der Waals surface area contributed by atoms with Crippen molar-refractivity contribution in [1.29, 1.82) is 0 Å².